The number of para-hydroxylation sites is 1. The number of rotatable bonds is 8. The van der Waals surface area contributed by atoms with Crippen LogP contribution in [0.15, 0.2) is 58.0 Å². The Bertz CT molecular complexity index is 1230. The van der Waals surface area contributed by atoms with Gasteiger partial charge in [0.2, 0.25) is 5.91 Å². The molecule has 170 valence electrons. The van der Waals surface area contributed by atoms with Crippen LogP contribution >= 0.6 is 34.9 Å². The lowest BCUT2D eigenvalue weighted by atomic mass is 9.88. The first-order valence-corrected chi connectivity index (χ1v) is 13.9. The zero-order valence-corrected chi connectivity index (χ0v) is 20.8. The molecule has 0 radical (unpaired) electrons. The van der Waals surface area contributed by atoms with Crippen LogP contribution in [0.25, 0.3) is 10.2 Å². The number of nitrogens with one attached hydrogen (secondary N) is 1. The highest BCUT2D eigenvalue weighted by molar-refractivity contribution is 8.00. The SMILES string of the molecule is CCn1c(CSc2nc3ccccc3s2)nnc1SCC(=O)N[C@H]1CCCc2ccccc21. The van der Waals surface area contributed by atoms with Crippen molar-refractivity contribution in [3.8, 4) is 0 Å². The largest absolute Gasteiger partial charge is 0.349 e. The second-order valence-electron chi connectivity index (χ2n) is 7.88. The van der Waals surface area contributed by atoms with Crippen LogP contribution in [-0.4, -0.2) is 31.4 Å². The molecule has 2 heterocycles. The van der Waals surface area contributed by atoms with Gasteiger partial charge in [0.15, 0.2) is 9.50 Å². The Kier molecular flexibility index (Phi) is 6.99. The predicted octanol–water partition coefficient (Wildman–Crippen LogP) is 5.49. The summed E-state index contributed by atoms with van der Waals surface area (Å²) in [5, 5.41) is 12.8. The molecule has 1 aliphatic carbocycles. The van der Waals surface area contributed by atoms with E-state index in [2.05, 4.69) is 62.3 Å². The van der Waals surface area contributed by atoms with E-state index in [4.69, 9.17) is 0 Å². The maximum atomic E-state index is 12.7. The summed E-state index contributed by atoms with van der Waals surface area (Å²) in [7, 11) is 0. The summed E-state index contributed by atoms with van der Waals surface area (Å²) in [5.41, 5.74) is 3.64. The van der Waals surface area contributed by atoms with Crippen molar-refractivity contribution in [3.05, 3.63) is 65.5 Å². The van der Waals surface area contributed by atoms with E-state index in [1.807, 2.05) is 18.2 Å². The second kappa shape index (κ2) is 10.3. The van der Waals surface area contributed by atoms with Crippen molar-refractivity contribution in [2.45, 2.75) is 54.0 Å². The lowest BCUT2D eigenvalue weighted by Crippen LogP contribution is -2.32. The average Bonchev–Trinajstić information content (AvgIpc) is 3.44. The summed E-state index contributed by atoms with van der Waals surface area (Å²) < 4.78 is 4.32. The molecule has 4 aromatic rings. The van der Waals surface area contributed by atoms with E-state index < -0.39 is 0 Å². The fourth-order valence-corrected chi connectivity index (χ4v) is 7.00. The van der Waals surface area contributed by atoms with Gasteiger partial charge in [0.25, 0.3) is 0 Å². The highest BCUT2D eigenvalue weighted by atomic mass is 32.2. The lowest BCUT2D eigenvalue weighted by Gasteiger charge is -2.26. The van der Waals surface area contributed by atoms with Gasteiger partial charge < -0.3 is 9.88 Å². The van der Waals surface area contributed by atoms with E-state index in [1.54, 1.807) is 23.1 Å². The minimum absolute atomic E-state index is 0.0396. The van der Waals surface area contributed by atoms with Gasteiger partial charge in [-0.2, -0.15) is 0 Å². The molecule has 0 spiro atoms. The molecule has 0 saturated heterocycles. The topological polar surface area (TPSA) is 72.7 Å². The van der Waals surface area contributed by atoms with Gasteiger partial charge in [-0.05, 0) is 49.4 Å². The average molecular weight is 496 g/mol. The van der Waals surface area contributed by atoms with Crippen LogP contribution in [0.5, 0.6) is 0 Å². The van der Waals surface area contributed by atoms with Crippen molar-refractivity contribution in [2.75, 3.05) is 5.75 Å². The number of hydrogen-bond acceptors (Lipinski definition) is 7. The zero-order chi connectivity index (χ0) is 22.6. The van der Waals surface area contributed by atoms with Crippen LogP contribution in [0.2, 0.25) is 0 Å². The summed E-state index contributed by atoms with van der Waals surface area (Å²) in [6.07, 6.45) is 3.19. The summed E-state index contributed by atoms with van der Waals surface area (Å²) in [6.45, 7) is 2.85. The molecule has 1 N–H and O–H groups in total. The minimum atomic E-state index is 0.0396. The van der Waals surface area contributed by atoms with Crippen LogP contribution in [-0.2, 0) is 23.5 Å². The smallest absolute Gasteiger partial charge is 0.230 e. The number of aromatic nitrogens is 4. The Labute approximate surface area is 205 Å². The van der Waals surface area contributed by atoms with Crippen molar-refractivity contribution in [2.24, 2.45) is 0 Å². The molecule has 1 amide bonds. The molecule has 2 aromatic heterocycles. The van der Waals surface area contributed by atoms with E-state index in [0.29, 0.717) is 11.5 Å². The monoisotopic (exact) mass is 495 g/mol. The summed E-state index contributed by atoms with van der Waals surface area (Å²) in [4.78, 5) is 17.4. The standard InChI is InChI=1S/C24H25N5OS3/c1-2-29-21(14-32-24-26-19-11-5-6-13-20(19)33-24)27-28-23(29)31-15-22(30)25-18-12-7-9-16-8-3-4-10-17(16)18/h3-6,8,10-11,13,18H,2,7,9,12,14-15H2,1H3,(H,25,30)/t18-/m0/s1. The molecule has 1 aliphatic rings. The van der Waals surface area contributed by atoms with Crippen molar-refractivity contribution in [3.63, 3.8) is 0 Å². The summed E-state index contributed by atoms with van der Waals surface area (Å²) >= 11 is 4.83. The van der Waals surface area contributed by atoms with Crippen molar-refractivity contribution < 1.29 is 4.79 Å². The van der Waals surface area contributed by atoms with E-state index >= 15 is 0 Å². The normalized spacial score (nSPS) is 15.5. The van der Waals surface area contributed by atoms with E-state index in [-0.39, 0.29) is 11.9 Å². The number of thioether (sulfide) groups is 2. The second-order valence-corrected chi connectivity index (χ2v) is 11.1. The first-order valence-electron chi connectivity index (χ1n) is 11.1. The van der Waals surface area contributed by atoms with Crippen LogP contribution in [0.3, 0.4) is 0 Å². The van der Waals surface area contributed by atoms with Crippen molar-refractivity contribution in [1.82, 2.24) is 25.1 Å². The number of fused-ring (bicyclic) bond motifs is 2. The first-order chi connectivity index (χ1) is 16.2. The van der Waals surface area contributed by atoms with Gasteiger partial charge >= 0.3 is 0 Å². The molecule has 5 rings (SSSR count). The molecule has 9 heteroatoms. The number of amides is 1. The molecular formula is C24H25N5OS3. The van der Waals surface area contributed by atoms with Gasteiger partial charge in [-0.1, -0.05) is 59.9 Å². The quantitative estimate of drug-likeness (QED) is 0.326. The Morgan fingerprint density at radius 1 is 1.15 bits per heavy atom. The van der Waals surface area contributed by atoms with Gasteiger partial charge in [-0.3, -0.25) is 4.79 Å². The van der Waals surface area contributed by atoms with E-state index in [9.17, 15) is 4.79 Å². The molecule has 33 heavy (non-hydrogen) atoms. The summed E-state index contributed by atoms with van der Waals surface area (Å²) in [5.74, 6) is 1.98. The molecule has 2 aromatic carbocycles. The van der Waals surface area contributed by atoms with Gasteiger partial charge in [0.1, 0.15) is 5.82 Å². The number of nitrogens with zero attached hydrogens (tertiary/aromatic N) is 4. The van der Waals surface area contributed by atoms with Crippen molar-refractivity contribution >= 4 is 51.0 Å². The Morgan fingerprint density at radius 2 is 2.00 bits per heavy atom. The van der Waals surface area contributed by atoms with Gasteiger partial charge in [0, 0.05) is 6.54 Å². The minimum Gasteiger partial charge on any atom is -0.349 e. The van der Waals surface area contributed by atoms with Crippen LogP contribution in [0.1, 0.15) is 42.8 Å². The zero-order valence-electron chi connectivity index (χ0n) is 18.4. The lowest BCUT2D eigenvalue weighted by molar-refractivity contribution is -0.119. The van der Waals surface area contributed by atoms with E-state index in [0.717, 1.165) is 46.6 Å². The molecule has 0 fully saturated rings. The Balaban J connectivity index is 1.19. The Morgan fingerprint density at radius 3 is 2.88 bits per heavy atom. The van der Waals surface area contributed by atoms with Crippen molar-refractivity contribution in [1.29, 1.82) is 0 Å². The van der Waals surface area contributed by atoms with Crippen LogP contribution in [0, 0.1) is 0 Å². The molecule has 0 unspecified atom stereocenters. The third-order valence-corrected chi connectivity index (χ3v) is 8.89. The van der Waals surface area contributed by atoms with Crippen LogP contribution in [0.4, 0.5) is 0 Å². The number of benzene rings is 2. The third kappa shape index (κ3) is 5.10. The Hall–Kier alpha value is -2.36. The van der Waals surface area contributed by atoms with E-state index in [1.165, 1.54) is 27.6 Å². The molecule has 0 bridgehead atoms. The number of carbonyl (C=O) groups excluding carboxylic acids is 1. The number of carbonyl (C=O) groups is 1. The van der Waals surface area contributed by atoms with Gasteiger partial charge in [0.05, 0.1) is 27.8 Å². The molecule has 1 atom stereocenters. The molecule has 0 aliphatic heterocycles. The highest BCUT2D eigenvalue weighted by Gasteiger charge is 2.22. The molecular weight excluding hydrogens is 470 g/mol. The highest BCUT2D eigenvalue weighted by Crippen LogP contribution is 2.32. The fourth-order valence-electron chi connectivity index (χ4n) is 4.16. The third-order valence-electron chi connectivity index (χ3n) is 5.75. The predicted molar refractivity (Wildman–Crippen MR) is 136 cm³/mol. The number of hydrogen-bond donors (Lipinski definition) is 1. The van der Waals surface area contributed by atoms with Crippen LogP contribution < -0.4 is 5.32 Å². The molecule has 0 saturated carbocycles. The maximum Gasteiger partial charge on any atom is 0.230 e. The molecule has 6 nitrogen and oxygen atoms in total. The first kappa shape index (κ1) is 22.4. The van der Waals surface area contributed by atoms with Gasteiger partial charge in [-0.25, -0.2) is 4.98 Å². The van der Waals surface area contributed by atoms with Gasteiger partial charge in [-0.15, -0.1) is 21.5 Å². The maximum absolute atomic E-state index is 12.7. The number of thiazole rings is 1. The number of aryl methyl sites for hydroxylation is 1. The summed E-state index contributed by atoms with van der Waals surface area (Å²) in [6, 6.07) is 16.7. The fraction of sp³-hybridized carbons (Fsp3) is 0.333.